The highest BCUT2D eigenvalue weighted by Gasteiger charge is 2.09. The minimum absolute atomic E-state index is 0.226. The van der Waals surface area contributed by atoms with Crippen LogP contribution in [0.3, 0.4) is 0 Å². The Balaban J connectivity index is 1.50. The van der Waals surface area contributed by atoms with E-state index in [0.717, 1.165) is 11.9 Å². The summed E-state index contributed by atoms with van der Waals surface area (Å²) in [6.45, 7) is 1.76. The lowest BCUT2D eigenvalue weighted by Gasteiger charge is -2.06. The van der Waals surface area contributed by atoms with Crippen molar-refractivity contribution in [3.8, 4) is 0 Å². The van der Waals surface area contributed by atoms with Gasteiger partial charge in [0.2, 0.25) is 0 Å². The highest BCUT2D eigenvalue weighted by molar-refractivity contribution is 5.92. The van der Waals surface area contributed by atoms with Gasteiger partial charge in [-0.2, -0.15) is 0 Å². The SMILES string of the molecule is COCCNc1ccc(C(=O)NCCc2c[nH]c3ccccc23)nn1. The molecule has 1 aromatic carbocycles. The molecule has 130 valence electrons. The van der Waals surface area contributed by atoms with Gasteiger partial charge in [0.1, 0.15) is 5.82 Å². The maximum absolute atomic E-state index is 12.1. The fourth-order valence-corrected chi connectivity index (χ4v) is 2.57. The molecule has 0 aliphatic heterocycles. The second kappa shape index (κ2) is 8.25. The molecule has 2 aromatic heterocycles. The van der Waals surface area contributed by atoms with Crippen molar-refractivity contribution in [1.82, 2.24) is 20.5 Å². The van der Waals surface area contributed by atoms with Crippen molar-refractivity contribution in [2.45, 2.75) is 6.42 Å². The number of nitrogens with zero attached hydrogens (tertiary/aromatic N) is 2. The number of H-pyrrole nitrogens is 1. The second-order valence-electron chi connectivity index (χ2n) is 5.59. The molecular formula is C18H21N5O2. The lowest BCUT2D eigenvalue weighted by molar-refractivity contribution is 0.0948. The summed E-state index contributed by atoms with van der Waals surface area (Å²) in [7, 11) is 1.64. The molecule has 7 heteroatoms. The van der Waals surface area contributed by atoms with Crippen molar-refractivity contribution in [2.24, 2.45) is 0 Å². The Morgan fingerprint density at radius 1 is 1.16 bits per heavy atom. The van der Waals surface area contributed by atoms with Gasteiger partial charge in [-0.3, -0.25) is 4.79 Å². The Morgan fingerprint density at radius 2 is 2.04 bits per heavy atom. The van der Waals surface area contributed by atoms with E-state index in [-0.39, 0.29) is 5.91 Å². The van der Waals surface area contributed by atoms with Gasteiger partial charge in [0, 0.05) is 37.3 Å². The minimum atomic E-state index is -0.226. The summed E-state index contributed by atoms with van der Waals surface area (Å²) in [4.78, 5) is 15.4. The molecule has 0 aliphatic rings. The van der Waals surface area contributed by atoms with Crippen molar-refractivity contribution >= 4 is 22.6 Å². The number of amides is 1. The van der Waals surface area contributed by atoms with Crippen molar-refractivity contribution in [1.29, 1.82) is 0 Å². The molecule has 0 saturated carbocycles. The third-order valence-electron chi connectivity index (χ3n) is 3.86. The van der Waals surface area contributed by atoms with Gasteiger partial charge in [-0.05, 0) is 30.2 Å². The van der Waals surface area contributed by atoms with Crippen molar-refractivity contribution in [2.75, 3.05) is 32.1 Å². The van der Waals surface area contributed by atoms with E-state index in [1.165, 1.54) is 10.9 Å². The van der Waals surface area contributed by atoms with Crippen LogP contribution in [0.4, 0.5) is 5.82 Å². The van der Waals surface area contributed by atoms with Crippen LogP contribution in [0, 0.1) is 0 Å². The molecular weight excluding hydrogens is 318 g/mol. The van der Waals surface area contributed by atoms with Gasteiger partial charge in [0.25, 0.3) is 5.91 Å². The third-order valence-corrected chi connectivity index (χ3v) is 3.86. The van der Waals surface area contributed by atoms with E-state index in [1.54, 1.807) is 19.2 Å². The van der Waals surface area contributed by atoms with E-state index in [4.69, 9.17) is 4.74 Å². The quantitative estimate of drug-likeness (QED) is 0.546. The highest BCUT2D eigenvalue weighted by Crippen LogP contribution is 2.17. The average molecular weight is 339 g/mol. The molecule has 0 bridgehead atoms. The zero-order valence-corrected chi connectivity index (χ0v) is 14.1. The predicted octanol–water partition coefficient (Wildman–Crippen LogP) is 1.99. The normalized spacial score (nSPS) is 10.8. The topological polar surface area (TPSA) is 91.9 Å². The average Bonchev–Trinajstić information content (AvgIpc) is 3.06. The van der Waals surface area contributed by atoms with Crippen LogP contribution in [-0.4, -0.2) is 47.9 Å². The number of anilines is 1. The Hall–Kier alpha value is -2.93. The molecule has 25 heavy (non-hydrogen) atoms. The molecule has 0 aliphatic carbocycles. The van der Waals surface area contributed by atoms with Crippen LogP contribution in [0.2, 0.25) is 0 Å². The number of aromatic nitrogens is 3. The van der Waals surface area contributed by atoms with Crippen LogP contribution in [-0.2, 0) is 11.2 Å². The number of hydrogen-bond acceptors (Lipinski definition) is 5. The standard InChI is InChI=1S/C18H21N5O2/c1-25-11-10-19-17-7-6-16(22-23-17)18(24)20-9-8-13-12-21-15-5-3-2-4-14(13)15/h2-7,12,21H,8-11H2,1H3,(H,19,23)(H,20,24). The van der Waals surface area contributed by atoms with E-state index in [9.17, 15) is 4.79 Å². The highest BCUT2D eigenvalue weighted by atomic mass is 16.5. The number of methoxy groups -OCH3 is 1. The number of carbonyl (C=O) groups is 1. The van der Waals surface area contributed by atoms with Gasteiger partial charge >= 0.3 is 0 Å². The first-order valence-electron chi connectivity index (χ1n) is 8.17. The summed E-state index contributed by atoms with van der Waals surface area (Å²) in [6, 6.07) is 11.5. The molecule has 0 unspecified atom stereocenters. The van der Waals surface area contributed by atoms with E-state index < -0.39 is 0 Å². The van der Waals surface area contributed by atoms with Gasteiger partial charge in [-0.1, -0.05) is 18.2 Å². The fourth-order valence-electron chi connectivity index (χ4n) is 2.57. The molecule has 2 heterocycles. The maximum Gasteiger partial charge on any atom is 0.271 e. The largest absolute Gasteiger partial charge is 0.383 e. The van der Waals surface area contributed by atoms with Gasteiger partial charge in [0.15, 0.2) is 5.69 Å². The number of hydrogen-bond donors (Lipinski definition) is 3. The molecule has 3 N–H and O–H groups in total. The van der Waals surface area contributed by atoms with Crippen molar-refractivity contribution in [3.63, 3.8) is 0 Å². The van der Waals surface area contributed by atoms with Gasteiger partial charge in [0.05, 0.1) is 6.61 Å². The Morgan fingerprint density at radius 3 is 2.84 bits per heavy atom. The molecule has 0 spiro atoms. The minimum Gasteiger partial charge on any atom is -0.383 e. The van der Waals surface area contributed by atoms with Crippen LogP contribution < -0.4 is 10.6 Å². The molecule has 3 rings (SSSR count). The summed E-state index contributed by atoms with van der Waals surface area (Å²) in [5.74, 6) is 0.392. The summed E-state index contributed by atoms with van der Waals surface area (Å²) in [5.41, 5.74) is 2.59. The molecule has 0 atom stereocenters. The second-order valence-corrected chi connectivity index (χ2v) is 5.59. The number of aromatic amines is 1. The summed E-state index contributed by atoms with van der Waals surface area (Å²) in [5, 5.41) is 15.1. The number of fused-ring (bicyclic) bond motifs is 1. The Bertz CT molecular complexity index is 829. The molecule has 1 amide bonds. The molecule has 0 radical (unpaired) electrons. The number of para-hydroxylation sites is 1. The number of nitrogens with one attached hydrogen (secondary N) is 3. The van der Waals surface area contributed by atoms with E-state index in [1.807, 2.05) is 24.4 Å². The number of carbonyl (C=O) groups excluding carboxylic acids is 1. The number of ether oxygens (including phenoxy) is 1. The van der Waals surface area contributed by atoms with E-state index in [2.05, 4.69) is 31.9 Å². The smallest absolute Gasteiger partial charge is 0.271 e. The van der Waals surface area contributed by atoms with Crippen molar-refractivity contribution < 1.29 is 9.53 Å². The third kappa shape index (κ3) is 4.33. The predicted molar refractivity (Wildman–Crippen MR) is 96.7 cm³/mol. The number of benzene rings is 1. The lowest BCUT2D eigenvalue weighted by atomic mass is 10.1. The molecule has 0 saturated heterocycles. The fraction of sp³-hybridized carbons (Fsp3) is 0.278. The Kier molecular flexibility index (Phi) is 5.58. The molecule has 3 aromatic rings. The van der Waals surface area contributed by atoms with Crippen LogP contribution in [0.5, 0.6) is 0 Å². The lowest BCUT2D eigenvalue weighted by Crippen LogP contribution is -2.26. The summed E-state index contributed by atoms with van der Waals surface area (Å²) >= 11 is 0. The van der Waals surface area contributed by atoms with Crippen LogP contribution in [0.25, 0.3) is 10.9 Å². The van der Waals surface area contributed by atoms with Crippen molar-refractivity contribution in [3.05, 3.63) is 53.9 Å². The van der Waals surface area contributed by atoms with Gasteiger partial charge in [-0.25, -0.2) is 0 Å². The molecule has 0 fully saturated rings. The van der Waals surface area contributed by atoms with Gasteiger partial charge in [-0.15, -0.1) is 10.2 Å². The summed E-state index contributed by atoms with van der Waals surface area (Å²) in [6.07, 6.45) is 2.73. The first-order chi connectivity index (χ1) is 12.3. The maximum atomic E-state index is 12.1. The Labute approximate surface area is 145 Å². The monoisotopic (exact) mass is 339 g/mol. The van der Waals surface area contributed by atoms with Gasteiger partial charge < -0.3 is 20.4 Å². The zero-order valence-electron chi connectivity index (χ0n) is 14.1. The zero-order chi connectivity index (χ0) is 17.5. The number of rotatable bonds is 8. The van der Waals surface area contributed by atoms with Crippen LogP contribution >= 0.6 is 0 Å². The summed E-state index contributed by atoms with van der Waals surface area (Å²) < 4.78 is 4.95. The first kappa shape index (κ1) is 16.9. The van der Waals surface area contributed by atoms with E-state index >= 15 is 0 Å². The molecule has 7 nitrogen and oxygen atoms in total. The first-order valence-corrected chi connectivity index (χ1v) is 8.17. The van der Waals surface area contributed by atoms with E-state index in [0.29, 0.717) is 31.2 Å². The van der Waals surface area contributed by atoms with Crippen LogP contribution in [0.15, 0.2) is 42.6 Å². The van der Waals surface area contributed by atoms with Crippen LogP contribution in [0.1, 0.15) is 16.1 Å².